The molecule has 2 aliphatic heterocycles. The van der Waals surface area contributed by atoms with Crippen molar-refractivity contribution in [1.82, 2.24) is 9.80 Å². The van der Waals surface area contributed by atoms with Gasteiger partial charge in [-0.25, -0.2) is 9.59 Å². The lowest BCUT2D eigenvalue weighted by atomic mass is 9.91. The first-order chi connectivity index (χ1) is 16.5. The molecule has 0 aromatic rings. The minimum Gasteiger partial charge on any atom is -0.481 e. The number of rotatable bonds is 2. The standard InChI is InChI=1S/C13H22N2O3.C13H21NO4/c1-12(2,3)18-11(17)15-6-4-13(5-7-15)8-9(13)10(14)16;1-12(2,3)18-11(17)14-6-4-13(5-7-14)8-9(13)10(15)16/h9H,4-8H2,1-3H3,(H2,14,16);9H,4-8H2,1-3H3,(H,15,16). The molecular formula is C26H43N3O7. The maximum Gasteiger partial charge on any atom is 0.410 e. The molecule has 2 aliphatic carbocycles. The summed E-state index contributed by atoms with van der Waals surface area (Å²) in [4.78, 5) is 49.2. The number of aliphatic carboxylic acids is 1. The SMILES string of the molecule is CC(C)(C)OC(=O)N1CCC2(CC1)CC2C(=O)O.CC(C)(C)OC(=O)N1CCC2(CC1)CC2C(N)=O. The van der Waals surface area contributed by atoms with Crippen LogP contribution in [0.4, 0.5) is 9.59 Å². The normalized spacial score (nSPS) is 25.9. The molecule has 2 spiro atoms. The molecule has 10 nitrogen and oxygen atoms in total. The average molecular weight is 510 g/mol. The Bertz CT molecular complexity index is 801. The Labute approximate surface area is 213 Å². The maximum atomic E-state index is 11.9. The molecular weight excluding hydrogens is 466 g/mol. The summed E-state index contributed by atoms with van der Waals surface area (Å²) in [7, 11) is 0. The van der Waals surface area contributed by atoms with Gasteiger partial charge in [0.25, 0.3) is 0 Å². The lowest BCUT2D eigenvalue weighted by Crippen LogP contribution is -2.43. The number of carboxylic acids is 1. The summed E-state index contributed by atoms with van der Waals surface area (Å²) in [5.74, 6) is -1.06. The fourth-order valence-corrected chi connectivity index (χ4v) is 5.47. The van der Waals surface area contributed by atoms with E-state index in [-0.39, 0.29) is 40.8 Å². The van der Waals surface area contributed by atoms with Crippen LogP contribution in [0.5, 0.6) is 0 Å². The lowest BCUT2D eigenvalue weighted by Gasteiger charge is -2.34. The van der Waals surface area contributed by atoms with Crippen LogP contribution in [-0.2, 0) is 19.1 Å². The van der Waals surface area contributed by atoms with Crippen molar-refractivity contribution in [2.45, 2.75) is 91.3 Å². The van der Waals surface area contributed by atoms with E-state index in [1.165, 1.54) is 0 Å². The van der Waals surface area contributed by atoms with E-state index in [0.717, 1.165) is 38.5 Å². The summed E-state index contributed by atoms with van der Waals surface area (Å²) in [5, 5.41) is 8.99. The van der Waals surface area contributed by atoms with Gasteiger partial charge in [0.05, 0.1) is 5.92 Å². The first kappa shape index (κ1) is 28.1. The largest absolute Gasteiger partial charge is 0.481 e. The predicted octanol–water partition coefficient (Wildman–Crippen LogP) is 3.62. The maximum absolute atomic E-state index is 11.9. The Morgan fingerprint density at radius 3 is 1.31 bits per heavy atom. The Hall–Kier alpha value is -2.52. The molecule has 204 valence electrons. The van der Waals surface area contributed by atoms with Crippen LogP contribution in [0.15, 0.2) is 0 Å². The quantitative estimate of drug-likeness (QED) is 0.579. The zero-order valence-corrected chi connectivity index (χ0v) is 22.6. The highest BCUT2D eigenvalue weighted by Crippen LogP contribution is 2.60. The number of carboxylic acid groups (broad SMARTS) is 1. The Morgan fingerprint density at radius 1 is 0.722 bits per heavy atom. The Morgan fingerprint density at radius 2 is 1.06 bits per heavy atom. The van der Waals surface area contributed by atoms with Crippen molar-refractivity contribution in [3.8, 4) is 0 Å². The van der Waals surface area contributed by atoms with Gasteiger partial charge in [0.15, 0.2) is 0 Å². The number of nitrogens with two attached hydrogens (primary N) is 1. The molecule has 3 N–H and O–H groups in total. The summed E-state index contributed by atoms with van der Waals surface area (Å²) in [6.07, 6.45) is 4.40. The summed E-state index contributed by atoms with van der Waals surface area (Å²) in [6.45, 7) is 13.7. The highest BCUT2D eigenvalue weighted by Gasteiger charge is 2.59. The number of likely N-dealkylation sites (tertiary alicyclic amines) is 2. The van der Waals surface area contributed by atoms with E-state index in [1.807, 2.05) is 41.5 Å². The molecule has 4 rings (SSSR count). The molecule has 2 atom stereocenters. The molecule has 0 bridgehead atoms. The van der Waals surface area contributed by atoms with Crippen molar-refractivity contribution in [2.75, 3.05) is 26.2 Å². The second-order valence-electron chi connectivity index (χ2n) is 12.9. The molecule has 2 unspecified atom stereocenters. The first-order valence-electron chi connectivity index (χ1n) is 12.9. The third kappa shape index (κ3) is 6.82. The van der Waals surface area contributed by atoms with E-state index in [9.17, 15) is 19.2 Å². The van der Waals surface area contributed by atoms with Crippen molar-refractivity contribution >= 4 is 24.1 Å². The number of amides is 3. The van der Waals surface area contributed by atoms with Crippen molar-refractivity contribution < 1.29 is 33.8 Å². The molecule has 2 saturated carbocycles. The van der Waals surface area contributed by atoms with Crippen molar-refractivity contribution in [3.63, 3.8) is 0 Å². The third-order valence-electron chi connectivity index (χ3n) is 7.84. The van der Waals surface area contributed by atoms with E-state index in [1.54, 1.807) is 9.80 Å². The van der Waals surface area contributed by atoms with Crippen LogP contribution in [0.1, 0.15) is 80.1 Å². The molecule has 0 aromatic carbocycles. The number of carbonyl (C=O) groups excluding carboxylic acids is 3. The Kier molecular flexibility index (Phi) is 7.59. The fourth-order valence-electron chi connectivity index (χ4n) is 5.47. The van der Waals surface area contributed by atoms with E-state index in [0.29, 0.717) is 26.2 Å². The van der Waals surface area contributed by atoms with Crippen LogP contribution >= 0.6 is 0 Å². The van der Waals surface area contributed by atoms with E-state index >= 15 is 0 Å². The van der Waals surface area contributed by atoms with Crippen LogP contribution in [0, 0.1) is 22.7 Å². The number of hydrogen-bond donors (Lipinski definition) is 2. The van der Waals surface area contributed by atoms with Crippen molar-refractivity contribution in [2.24, 2.45) is 28.4 Å². The van der Waals surface area contributed by atoms with Crippen molar-refractivity contribution in [1.29, 1.82) is 0 Å². The molecule has 4 fully saturated rings. The van der Waals surface area contributed by atoms with Crippen LogP contribution in [-0.4, -0.2) is 76.4 Å². The van der Waals surface area contributed by atoms with Gasteiger partial charge in [0.1, 0.15) is 11.2 Å². The monoisotopic (exact) mass is 509 g/mol. The van der Waals surface area contributed by atoms with Gasteiger partial charge < -0.3 is 30.1 Å². The number of nitrogens with zero attached hydrogens (tertiary/aromatic N) is 2. The number of primary amides is 1. The molecule has 0 radical (unpaired) electrons. The second kappa shape index (κ2) is 9.74. The summed E-state index contributed by atoms with van der Waals surface area (Å²) in [6, 6.07) is 0. The van der Waals surface area contributed by atoms with Gasteiger partial charge in [-0.05, 0) is 90.9 Å². The lowest BCUT2D eigenvalue weighted by molar-refractivity contribution is -0.139. The minimum absolute atomic E-state index is 0.0262. The molecule has 2 heterocycles. The second-order valence-corrected chi connectivity index (χ2v) is 12.9. The molecule has 2 saturated heterocycles. The van der Waals surface area contributed by atoms with Gasteiger partial charge in [-0.3, -0.25) is 9.59 Å². The van der Waals surface area contributed by atoms with Crippen LogP contribution in [0.2, 0.25) is 0 Å². The molecule has 10 heteroatoms. The molecule has 3 amide bonds. The molecule has 4 aliphatic rings. The number of hydrogen-bond acceptors (Lipinski definition) is 6. The number of piperidine rings is 2. The molecule has 36 heavy (non-hydrogen) atoms. The van der Waals surface area contributed by atoms with Gasteiger partial charge in [-0.15, -0.1) is 0 Å². The average Bonchev–Trinajstić information content (AvgIpc) is 3.63. The van der Waals surface area contributed by atoms with Gasteiger partial charge >= 0.3 is 18.2 Å². The van der Waals surface area contributed by atoms with Gasteiger partial charge in [0, 0.05) is 32.1 Å². The fraction of sp³-hybridized carbons (Fsp3) is 0.846. The van der Waals surface area contributed by atoms with Gasteiger partial charge in [-0.2, -0.15) is 0 Å². The summed E-state index contributed by atoms with van der Waals surface area (Å²) >= 11 is 0. The highest BCUT2D eigenvalue weighted by molar-refractivity contribution is 5.81. The first-order valence-corrected chi connectivity index (χ1v) is 12.9. The molecule has 0 aromatic heterocycles. The van der Waals surface area contributed by atoms with Crippen molar-refractivity contribution in [3.05, 3.63) is 0 Å². The minimum atomic E-state index is -0.694. The number of ether oxygens (including phenoxy) is 2. The van der Waals surface area contributed by atoms with Gasteiger partial charge in [0.2, 0.25) is 5.91 Å². The third-order valence-corrected chi connectivity index (χ3v) is 7.84. The van der Waals surface area contributed by atoms with E-state index < -0.39 is 17.2 Å². The topological polar surface area (TPSA) is 139 Å². The van der Waals surface area contributed by atoms with E-state index in [4.69, 9.17) is 20.3 Å². The van der Waals surface area contributed by atoms with E-state index in [2.05, 4.69) is 0 Å². The highest BCUT2D eigenvalue weighted by atomic mass is 16.6. The zero-order chi connectivity index (χ0) is 27.1. The zero-order valence-electron chi connectivity index (χ0n) is 22.6. The smallest absolute Gasteiger partial charge is 0.410 e. The van der Waals surface area contributed by atoms with Crippen LogP contribution in [0.25, 0.3) is 0 Å². The van der Waals surface area contributed by atoms with Crippen LogP contribution < -0.4 is 5.73 Å². The Balaban J connectivity index is 0.000000201. The van der Waals surface area contributed by atoms with Crippen LogP contribution in [0.3, 0.4) is 0 Å². The predicted molar refractivity (Wildman–Crippen MR) is 132 cm³/mol. The van der Waals surface area contributed by atoms with Gasteiger partial charge in [-0.1, -0.05) is 0 Å². The summed E-state index contributed by atoms with van der Waals surface area (Å²) in [5.41, 5.74) is 4.45. The summed E-state index contributed by atoms with van der Waals surface area (Å²) < 4.78 is 10.6. The number of carbonyl (C=O) groups is 4.